The zero-order valence-corrected chi connectivity index (χ0v) is 35.5. The number of amides is 1. The Bertz CT molecular complexity index is 2310. The number of hydrogen-bond acceptors (Lipinski definition) is 15. The molecule has 63 heavy (non-hydrogen) atoms. The fourth-order valence-electron chi connectivity index (χ4n) is 6.94. The molecule has 3 heterocycles. The number of nitrogens with zero attached hydrogens (tertiary/aromatic N) is 6. The maximum absolute atomic E-state index is 12.9. The number of likely N-dealkylation sites (N-methyl/N-ethyl adjacent to an activating group) is 1. The minimum Gasteiger partial charge on any atom is -0.480 e. The smallest absolute Gasteiger partial charge is 0.326 e. The molecular weight excluding hydrogens is 837 g/mol. The van der Waals surface area contributed by atoms with Crippen LogP contribution in [-0.2, 0) is 32.1 Å². The Kier molecular flexibility index (Phi) is 17.3. The van der Waals surface area contributed by atoms with E-state index in [9.17, 15) is 44.1 Å². The van der Waals surface area contributed by atoms with Crippen molar-refractivity contribution in [2.75, 3.05) is 75.8 Å². The van der Waals surface area contributed by atoms with Crippen molar-refractivity contribution in [3.8, 4) is 0 Å². The molecule has 2 atom stereocenters. The van der Waals surface area contributed by atoms with Crippen LogP contribution in [0, 0.1) is 0 Å². The van der Waals surface area contributed by atoms with Crippen LogP contribution in [0.3, 0.4) is 0 Å². The number of nitrogens with one attached hydrogen (secondary N) is 5. The molecule has 21 nitrogen and oxygen atoms in total. The SMILES string of the molecule is CN1CCN(CC(=O)O)CCN(CC(=O)O)C(Cc2ccc(NC(=S)NCCCC(=O)CC[C@H](NC(=O)c3ccc(NCc4cnc5nc(N)[nH]c(=O)c5n4)cc3)C(=O)O)cc2)C1. The normalized spacial score (nSPS) is 15.6. The lowest BCUT2D eigenvalue weighted by Gasteiger charge is -2.32. The van der Waals surface area contributed by atoms with E-state index in [2.05, 4.69) is 46.1 Å². The molecule has 1 aliphatic rings. The van der Waals surface area contributed by atoms with Gasteiger partial charge in [0, 0.05) is 75.1 Å². The van der Waals surface area contributed by atoms with E-state index in [0.717, 1.165) is 11.3 Å². The first kappa shape index (κ1) is 47.4. The maximum atomic E-state index is 12.9. The summed E-state index contributed by atoms with van der Waals surface area (Å²) >= 11 is 5.43. The van der Waals surface area contributed by atoms with Gasteiger partial charge >= 0.3 is 17.9 Å². The number of carboxylic acid groups (broad SMARTS) is 3. The number of nitrogen functional groups attached to an aromatic ring is 1. The first-order valence-electron chi connectivity index (χ1n) is 20.2. The molecule has 336 valence electrons. The Morgan fingerprint density at radius 3 is 2.32 bits per heavy atom. The number of hydrogen-bond donors (Lipinski definition) is 9. The Morgan fingerprint density at radius 1 is 0.921 bits per heavy atom. The van der Waals surface area contributed by atoms with Crippen molar-refractivity contribution in [1.29, 1.82) is 0 Å². The van der Waals surface area contributed by atoms with Crippen molar-refractivity contribution < 1.29 is 39.3 Å². The third-order valence-electron chi connectivity index (χ3n) is 10.3. The molecule has 22 heteroatoms. The van der Waals surface area contributed by atoms with Gasteiger partial charge in [-0.25, -0.2) is 14.8 Å². The van der Waals surface area contributed by atoms with Crippen LogP contribution in [0.25, 0.3) is 11.2 Å². The van der Waals surface area contributed by atoms with Crippen LogP contribution in [0.15, 0.2) is 59.5 Å². The number of rotatable bonds is 20. The van der Waals surface area contributed by atoms with Crippen LogP contribution in [0.2, 0.25) is 0 Å². The van der Waals surface area contributed by atoms with E-state index in [4.69, 9.17) is 18.0 Å². The van der Waals surface area contributed by atoms with Gasteiger partial charge in [-0.05, 0) is 80.5 Å². The van der Waals surface area contributed by atoms with E-state index in [1.807, 2.05) is 41.1 Å². The largest absolute Gasteiger partial charge is 0.480 e. The number of aromatic nitrogens is 4. The molecule has 1 fully saturated rings. The van der Waals surface area contributed by atoms with E-state index < -0.39 is 35.4 Å². The second kappa shape index (κ2) is 23.0. The molecule has 0 bridgehead atoms. The number of aromatic amines is 1. The Morgan fingerprint density at radius 2 is 1.62 bits per heavy atom. The van der Waals surface area contributed by atoms with Crippen molar-refractivity contribution in [2.45, 2.75) is 50.7 Å². The Hall–Kier alpha value is -6.62. The predicted molar refractivity (Wildman–Crippen MR) is 237 cm³/mol. The van der Waals surface area contributed by atoms with Gasteiger partial charge in [0.15, 0.2) is 16.3 Å². The molecule has 0 saturated carbocycles. The van der Waals surface area contributed by atoms with E-state index >= 15 is 0 Å². The molecule has 2 aromatic heterocycles. The molecule has 10 N–H and O–H groups in total. The number of carboxylic acids is 3. The van der Waals surface area contributed by atoms with Gasteiger partial charge in [0.05, 0.1) is 31.5 Å². The summed E-state index contributed by atoms with van der Waals surface area (Å²) in [5, 5.41) is 40.8. The highest BCUT2D eigenvalue weighted by Gasteiger charge is 2.26. The summed E-state index contributed by atoms with van der Waals surface area (Å²) in [5.41, 5.74) is 8.24. The van der Waals surface area contributed by atoms with Gasteiger partial charge in [0.2, 0.25) is 5.95 Å². The molecule has 4 aromatic rings. The third kappa shape index (κ3) is 15.4. The molecule has 0 radical (unpaired) electrons. The summed E-state index contributed by atoms with van der Waals surface area (Å²) in [4.78, 5) is 93.2. The number of benzene rings is 2. The summed E-state index contributed by atoms with van der Waals surface area (Å²) in [6.45, 7) is 3.06. The zero-order chi connectivity index (χ0) is 45.5. The maximum Gasteiger partial charge on any atom is 0.326 e. The predicted octanol–water partition coefficient (Wildman–Crippen LogP) is 0.836. The van der Waals surface area contributed by atoms with Gasteiger partial charge in [-0.2, -0.15) is 4.98 Å². The second-order valence-corrected chi connectivity index (χ2v) is 15.6. The fraction of sp³-hybridized carbons (Fsp3) is 0.415. The Balaban J connectivity index is 1.00. The molecular formula is C41H52N12O9S. The standard InChI is InChI=1S/C41H52N12O9S/c1-51-15-16-52(23-33(55)56)17-18-53(24-34(57)58)30(22-51)19-25-4-8-28(9-5-25)47-41(63)43-14-2-3-31(54)12-13-32(39(61)62)48-37(59)26-6-10-27(11-7-26)44-20-29-21-45-36-35(46-29)38(60)50-40(42)49-36/h4-11,21,30,32,44H,2-3,12-20,22-24H2,1H3,(H,48,59)(H,55,56)(H,57,58)(H,61,62)(H2,43,47,63)(H3,42,45,49,50,60)/t30?,32-/m0/s1. The number of aliphatic carboxylic acids is 3. The topological polar surface area (TPSA) is 301 Å². The van der Waals surface area contributed by atoms with Gasteiger partial charge in [0.1, 0.15) is 11.8 Å². The van der Waals surface area contributed by atoms with Crippen LogP contribution in [0.1, 0.15) is 47.3 Å². The van der Waals surface area contributed by atoms with E-state index in [-0.39, 0.29) is 73.4 Å². The van der Waals surface area contributed by atoms with Gasteiger partial charge in [0.25, 0.3) is 11.5 Å². The summed E-state index contributed by atoms with van der Waals surface area (Å²) in [5.74, 6) is -3.96. The Labute approximate surface area is 367 Å². The number of H-pyrrole nitrogens is 1. The average molecular weight is 889 g/mol. The molecule has 0 spiro atoms. The van der Waals surface area contributed by atoms with Gasteiger partial charge in [-0.1, -0.05) is 12.1 Å². The number of ketones is 1. The van der Waals surface area contributed by atoms with Crippen molar-refractivity contribution in [2.24, 2.45) is 0 Å². The van der Waals surface area contributed by atoms with Crippen LogP contribution >= 0.6 is 12.2 Å². The van der Waals surface area contributed by atoms with E-state index in [1.165, 1.54) is 18.3 Å². The minimum atomic E-state index is -1.28. The lowest BCUT2D eigenvalue weighted by Crippen LogP contribution is -2.47. The van der Waals surface area contributed by atoms with Crippen LogP contribution in [0.5, 0.6) is 0 Å². The quantitative estimate of drug-likeness (QED) is 0.0439. The van der Waals surface area contributed by atoms with Gasteiger partial charge < -0.3 is 47.2 Å². The van der Waals surface area contributed by atoms with Crippen molar-refractivity contribution in [1.82, 2.24) is 45.3 Å². The second-order valence-electron chi connectivity index (χ2n) is 15.2. The fourth-order valence-corrected chi connectivity index (χ4v) is 7.16. The highest BCUT2D eigenvalue weighted by atomic mass is 32.1. The molecule has 2 aromatic carbocycles. The minimum absolute atomic E-state index is 0.0451. The van der Waals surface area contributed by atoms with Gasteiger partial charge in [-0.15, -0.1) is 0 Å². The number of nitrogens with two attached hydrogens (primary N) is 1. The summed E-state index contributed by atoms with van der Waals surface area (Å²) in [7, 11) is 1.95. The molecule has 1 amide bonds. The number of thiocarbonyl (C=S) groups is 1. The molecule has 0 aliphatic carbocycles. The first-order chi connectivity index (χ1) is 30.1. The van der Waals surface area contributed by atoms with Crippen molar-refractivity contribution >= 4 is 75.4 Å². The monoisotopic (exact) mass is 888 g/mol. The highest BCUT2D eigenvalue weighted by Crippen LogP contribution is 2.17. The molecule has 1 aliphatic heterocycles. The first-order valence-corrected chi connectivity index (χ1v) is 20.7. The number of anilines is 3. The van der Waals surface area contributed by atoms with Crippen molar-refractivity contribution in [3.05, 3.63) is 81.9 Å². The summed E-state index contributed by atoms with van der Waals surface area (Å²) in [6, 6.07) is 12.6. The average Bonchev–Trinajstić information content (AvgIpc) is 3.29. The van der Waals surface area contributed by atoms with Crippen LogP contribution in [-0.4, -0.2) is 156 Å². The number of fused-ring (bicyclic) bond motifs is 1. The summed E-state index contributed by atoms with van der Waals surface area (Å²) < 4.78 is 0. The lowest BCUT2D eigenvalue weighted by atomic mass is 10.0. The third-order valence-corrected chi connectivity index (χ3v) is 10.5. The van der Waals surface area contributed by atoms with Crippen molar-refractivity contribution in [3.63, 3.8) is 0 Å². The van der Waals surface area contributed by atoms with E-state index in [1.54, 1.807) is 12.1 Å². The molecule has 1 unspecified atom stereocenters. The summed E-state index contributed by atoms with van der Waals surface area (Å²) in [6.07, 6.45) is 2.54. The highest BCUT2D eigenvalue weighted by molar-refractivity contribution is 7.80. The lowest BCUT2D eigenvalue weighted by molar-refractivity contribution is -0.140. The van der Waals surface area contributed by atoms with Crippen LogP contribution < -0.4 is 32.6 Å². The van der Waals surface area contributed by atoms with Gasteiger partial charge in [-0.3, -0.25) is 38.8 Å². The number of carbonyl (C=O) groups is 5. The molecule has 5 rings (SSSR count). The number of Topliss-reactive ketones (excluding diaryl/α,β-unsaturated/α-hetero) is 1. The van der Waals surface area contributed by atoms with E-state index in [0.29, 0.717) is 68.6 Å². The molecule has 1 saturated heterocycles. The zero-order valence-electron chi connectivity index (χ0n) is 34.7. The van der Waals surface area contributed by atoms with Crippen LogP contribution in [0.4, 0.5) is 17.3 Å². The number of carbonyl (C=O) groups excluding carboxylic acids is 2.